The summed E-state index contributed by atoms with van der Waals surface area (Å²) in [5.41, 5.74) is 7.47. The van der Waals surface area contributed by atoms with Crippen LogP contribution in [0.2, 0.25) is 0 Å². The number of nitrogens with one attached hydrogen (secondary N) is 2. The molecule has 0 radical (unpaired) electrons. The largest absolute Gasteiger partial charge is 0.382 e. The number of thiazole rings is 1. The molecule has 1 amide bonds. The summed E-state index contributed by atoms with van der Waals surface area (Å²) in [6, 6.07) is 7.59. The zero-order valence-electron chi connectivity index (χ0n) is 11.6. The van der Waals surface area contributed by atoms with E-state index in [1.807, 2.05) is 43.3 Å². The van der Waals surface area contributed by atoms with Crippen LogP contribution in [-0.4, -0.2) is 32.0 Å². The molecule has 0 saturated heterocycles. The van der Waals surface area contributed by atoms with Gasteiger partial charge in [0.05, 0.1) is 0 Å². The quantitative estimate of drug-likeness (QED) is 0.803. The summed E-state index contributed by atoms with van der Waals surface area (Å²) in [6.45, 7) is 0. The van der Waals surface area contributed by atoms with Crippen molar-refractivity contribution < 1.29 is 4.79 Å². The van der Waals surface area contributed by atoms with Crippen molar-refractivity contribution in [1.82, 2.24) is 4.98 Å². The third kappa shape index (κ3) is 3.00. The van der Waals surface area contributed by atoms with Crippen molar-refractivity contribution in [1.29, 1.82) is 0 Å². The number of nitrogens with zero attached hydrogens (tertiary/aromatic N) is 2. The van der Waals surface area contributed by atoms with Crippen LogP contribution in [0.1, 0.15) is 9.67 Å². The number of hydrogen-bond donors (Lipinski definition) is 3. The first-order valence-electron chi connectivity index (χ1n) is 6.04. The molecule has 0 atom stereocenters. The molecule has 2 rings (SSSR count). The number of benzene rings is 1. The predicted octanol–water partition coefficient (Wildman–Crippen LogP) is 2.09. The number of aromatic nitrogens is 1. The van der Waals surface area contributed by atoms with Crippen molar-refractivity contribution in [3.05, 3.63) is 29.1 Å². The van der Waals surface area contributed by atoms with Crippen molar-refractivity contribution in [2.24, 2.45) is 0 Å². The lowest BCUT2D eigenvalue weighted by Gasteiger charge is -2.13. The fourth-order valence-electron chi connectivity index (χ4n) is 1.65. The van der Waals surface area contributed by atoms with Gasteiger partial charge in [-0.05, 0) is 18.2 Å². The highest BCUT2D eigenvalue weighted by Gasteiger charge is 2.16. The highest BCUT2D eigenvalue weighted by molar-refractivity contribution is 7.18. The van der Waals surface area contributed by atoms with Crippen LogP contribution in [0.15, 0.2) is 24.3 Å². The molecule has 0 aliphatic rings. The Morgan fingerprint density at radius 1 is 1.40 bits per heavy atom. The number of nitrogen functional groups attached to an aromatic ring is 1. The van der Waals surface area contributed by atoms with Crippen LogP contribution < -0.4 is 21.3 Å². The summed E-state index contributed by atoms with van der Waals surface area (Å²) in [7, 11) is 5.63. The molecule has 7 heteroatoms. The Kier molecular flexibility index (Phi) is 4.09. The molecule has 2 aromatic rings. The molecule has 0 aliphatic carbocycles. The van der Waals surface area contributed by atoms with Gasteiger partial charge >= 0.3 is 0 Å². The lowest BCUT2D eigenvalue weighted by Crippen LogP contribution is -2.13. The van der Waals surface area contributed by atoms with Crippen LogP contribution in [0, 0.1) is 0 Å². The normalized spacial score (nSPS) is 10.2. The van der Waals surface area contributed by atoms with E-state index < -0.39 is 0 Å². The highest BCUT2D eigenvalue weighted by atomic mass is 32.1. The van der Waals surface area contributed by atoms with E-state index in [0.717, 1.165) is 11.4 Å². The highest BCUT2D eigenvalue weighted by Crippen LogP contribution is 2.26. The zero-order chi connectivity index (χ0) is 14.7. The SMILES string of the molecule is CNc1nc(N)c(C(=O)Nc2cccc(N(C)C)c2)s1. The smallest absolute Gasteiger partial charge is 0.269 e. The van der Waals surface area contributed by atoms with Gasteiger partial charge in [0.25, 0.3) is 5.91 Å². The standard InChI is InChI=1S/C13H17N5OS/c1-15-13-17-11(14)10(20-13)12(19)16-8-5-4-6-9(7-8)18(2)3/h4-7H,14H2,1-3H3,(H,15,17)(H,16,19). The molecule has 4 N–H and O–H groups in total. The Morgan fingerprint density at radius 2 is 2.15 bits per heavy atom. The second-order valence-corrected chi connectivity index (χ2v) is 5.38. The van der Waals surface area contributed by atoms with E-state index in [0.29, 0.717) is 10.0 Å². The minimum absolute atomic E-state index is 0.237. The van der Waals surface area contributed by atoms with E-state index in [9.17, 15) is 4.79 Å². The Morgan fingerprint density at radius 3 is 2.75 bits per heavy atom. The molecule has 0 bridgehead atoms. The first-order chi connectivity index (χ1) is 9.51. The van der Waals surface area contributed by atoms with Gasteiger partial charge in [-0.1, -0.05) is 17.4 Å². The number of carbonyl (C=O) groups is 1. The molecule has 1 aromatic heterocycles. The van der Waals surface area contributed by atoms with Gasteiger partial charge in [-0.25, -0.2) is 4.98 Å². The van der Waals surface area contributed by atoms with Crippen LogP contribution in [-0.2, 0) is 0 Å². The van der Waals surface area contributed by atoms with E-state index in [1.54, 1.807) is 7.05 Å². The van der Waals surface area contributed by atoms with Crippen molar-refractivity contribution in [2.75, 3.05) is 42.4 Å². The molecule has 0 unspecified atom stereocenters. The van der Waals surface area contributed by atoms with Crippen LogP contribution >= 0.6 is 11.3 Å². The second-order valence-electron chi connectivity index (χ2n) is 4.38. The Bertz CT molecular complexity index is 623. The molecule has 0 aliphatic heterocycles. The predicted molar refractivity (Wildman–Crippen MR) is 84.8 cm³/mol. The molecule has 0 fully saturated rings. The average molecular weight is 291 g/mol. The Labute approximate surface area is 121 Å². The van der Waals surface area contributed by atoms with E-state index in [4.69, 9.17) is 5.73 Å². The van der Waals surface area contributed by atoms with Gasteiger partial charge in [0.1, 0.15) is 10.7 Å². The number of amides is 1. The van der Waals surface area contributed by atoms with Crippen LogP contribution in [0.3, 0.4) is 0 Å². The Hall–Kier alpha value is -2.28. The van der Waals surface area contributed by atoms with Crippen LogP contribution in [0.5, 0.6) is 0 Å². The first kappa shape index (κ1) is 14.1. The van der Waals surface area contributed by atoms with Crippen LogP contribution in [0.4, 0.5) is 22.3 Å². The molecule has 1 heterocycles. The molecular weight excluding hydrogens is 274 g/mol. The van der Waals surface area contributed by atoms with Crippen molar-refractivity contribution in [2.45, 2.75) is 0 Å². The van der Waals surface area contributed by atoms with E-state index in [2.05, 4.69) is 15.6 Å². The third-order valence-electron chi connectivity index (χ3n) is 2.69. The maximum atomic E-state index is 12.2. The fourth-order valence-corrected chi connectivity index (χ4v) is 2.38. The van der Waals surface area contributed by atoms with Gasteiger partial charge in [-0.3, -0.25) is 4.79 Å². The van der Waals surface area contributed by atoms with Gasteiger partial charge in [0, 0.05) is 32.5 Å². The second kappa shape index (κ2) is 5.79. The molecule has 20 heavy (non-hydrogen) atoms. The van der Waals surface area contributed by atoms with Crippen molar-refractivity contribution in [3.63, 3.8) is 0 Å². The lowest BCUT2D eigenvalue weighted by molar-refractivity contribution is 0.103. The molecule has 0 saturated carbocycles. The number of carbonyl (C=O) groups excluding carboxylic acids is 1. The van der Waals surface area contributed by atoms with Crippen molar-refractivity contribution >= 4 is 39.6 Å². The minimum Gasteiger partial charge on any atom is -0.382 e. The van der Waals surface area contributed by atoms with Gasteiger partial charge in [0.15, 0.2) is 5.13 Å². The molecular formula is C13H17N5OS. The average Bonchev–Trinajstić information content (AvgIpc) is 2.80. The maximum Gasteiger partial charge on any atom is 0.269 e. The number of hydrogen-bond acceptors (Lipinski definition) is 6. The zero-order valence-corrected chi connectivity index (χ0v) is 12.4. The van der Waals surface area contributed by atoms with Gasteiger partial charge in [0.2, 0.25) is 0 Å². The summed E-state index contributed by atoms with van der Waals surface area (Å²) in [5, 5.41) is 6.32. The number of anilines is 4. The van der Waals surface area contributed by atoms with E-state index in [1.165, 1.54) is 11.3 Å². The number of nitrogens with two attached hydrogens (primary N) is 1. The van der Waals surface area contributed by atoms with Gasteiger partial charge in [-0.2, -0.15) is 0 Å². The summed E-state index contributed by atoms with van der Waals surface area (Å²) in [4.78, 5) is 18.6. The first-order valence-corrected chi connectivity index (χ1v) is 6.85. The molecule has 106 valence electrons. The summed E-state index contributed by atoms with van der Waals surface area (Å²) in [6.07, 6.45) is 0. The van der Waals surface area contributed by atoms with Crippen LogP contribution in [0.25, 0.3) is 0 Å². The van der Waals surface area contributed by atoms with Crippen molar-refractivity contribution in [3.8, 4) is 0 Å². The number of rotatable bonds is 4. The summed E-state index contributed by atoms with van der Waals surface area (Å²) < 4.78 is 0. The lowest BCUT2D eigenvalue weighted by atomic mass is 10.2. The van der Waals surface area contributed by atoms with E-state index in [-0.39, 0.29) is 11.7 Å². The Balaban J connectivity index is 2.18. The van der Waals surface area contributed by atoms with Gasteiger partial charge < -0.3 is 21.3 Å². The third-order valence-corrected chi connectivity index (χ3v) is 3.78. The topological polar surface area (TPSA) is 83.3 Å². The molecule has 0 spiro atoms. The molecule has 6 nitrogen and oxygen atoms in total. The maximum absolute atomic E-state index is 12.2. The fraction of sp³-hybridized carbons (Fsp3) is 0.231. The monoisotopic (exact) mass is 291 g/mol. The van der Waals surface area contributed by atoms with E-state index >= 15 is 0 Å². The summed E-state index contributed by atoms with van der Waals surface area (Å²) >= 11 is 1.23. The minimum atomic E-state index is -0.252. The molecule has 1 aromatic carbocycles. The summed E-state index contributed by atoms with van der Waals surface area (Å²) in [5.74, 6) is -0.0157. The van der Waals surface area contributed by atoms with Gasteiger partial charge in [-0.15, -0.1) is 0 Å².